The van der Waals surface area contributed by atoms with Crippen molar-refractivity contribution < 1.29 is 9.13 Å². The highest BCUT2D eigenvalue weighted by Crippen LogP contribution is 2.26. The SMILES string of the molecule is CCc1cnn2c1OCC(N1CC(F)C1)C2. The number of likely N-dealkylation sites (tertiary alicyclic amines) is 1. The van der Waals surface area contributed by atoms with Crippen LogP contribution >= 0.6 is 0 Å². The van der Waals surface area contributed by atoms with Gasteiger partial charge in [-0.1, -0.05) is 6.92 Å². The molecule has 0 spiro atoms. The minimum atomic E-state index is -0.648. The van der Waals surface area contributed by atoms with Crippen LogP contribution in [0, 0.1) is 0 Å². The van der Waals surface area contributed by atoms with Crippen LogP contribution in [0.15, 0.2) is 6.20 Å². The molecule has 0 bridgehead atoms. The van der Waals surface area contributed by atoms with E-state index in [1.807, 2.05) is 10.9 Å². The Morgan fingerprint density at radius 3 is 3.00 bits per heavy atom. The summed E-state index contributed by atoms with van der Waals surface area (Å²) in [6, 6.07) is 0.282. The molecule has 1 atom stereocenters. The van der Waals surface area contributed by atoms with Crippen molar-refractivity contribution >= 4 is 0 Å². The van der Waals surface area contributed by atoms with E-state index in [-0.39, 0.29) is 6.04 Å². The van der Waals surface area contributed by atoms with Crippen LogP contribution in [0.2, 0.25) is 0 Å². The van der Waals surface area contributed by atoms with Gasteiger partial charge in [-0.2, -0.15) is 5.10 Å². The van der Waals surface area contributed by atoms with Gasteiger partial charge in [0.15, 0.2) is 0 Å². The van der Waals surface area contributed by atoms with E-state index in [4.69, 9.17) is 4.74 Å². The molecule has 0 saturated carbocycles. The molecule has 1 aromatic heterocycles. The van der Waals surface area contributed by atoms with Gasteiger partial charge in [0.2, 0.25) is 5.88 Å². The number of aryl methyl sites for hydroxylation is 1. The second-order valence-electron chi connectivity index (χ2n) is 4.53. The van der Waals surface area contributed by atoms with E-state index in [0.717, 1.165) is 24.4 Å². The van der Waals surface area contributed by atoms with E-state index in [9.17, 15) is 4.39 Å². The van der Waals surface area contributed by atoms with Gasteiger partial charge in [-0.25, -0.2) is 9.07 Å². The van der Waals surface area contributed by atoms with Crippen molar-refractivity contribution in [3.05, 3.63) is 11.8 Å². The highest BCUT2D eigenvalue weighted by Gasteiger charge is 2.35. The van der Waals surface area contributed by atoms with Crippen LogP contribution in [0.25, 0.3) is 0 Å². The van der Waals surface area contributed by atoms with Gasteiger partial charge in [0.05, 0.1) is 18.8 Å². The lowest BCUT2D eigenvalue weighted by atomic mass is 10.1. The van der Waals surface area contributed by atoms with Crippen molar-refractivity contribution in [2.24, 2.45) is 0 Å². The standard InChI is InChI=1S/C11H16FN3O/c1-2-8-3-13-15-6-10(7-16-11(8)15)14-4-9(12)5-14/h3,9-10H,2,4-7H2,1H3. The zero-order valence-electron chi connectivity index (χ0n) is 9.40. The summed E-state index contributed by atoms with van der Waals surface area (Å²) in [5, 5.41) is 4.31. The number of fused-ring (bicyclic) bond motifs is 1. The largest absolute Gasteiger partial charge is 0.476 e. The van der Waals surface area contributed by atoms with Crippen molar-refractivity contribution in [2.75, 3.05) is 19.7 Å². The maximum Gasteiger partial charge on any atom is 0.215 e. The van der Waals surface area contributed by atoms with E-state index < -0.39 is 6.17 Å². The fourth-order valence-electron chi connectivity index (χ4n) is 2.35. The molecular formula is C11H16FN3O. The molecule has 4 nitrogen and oxygen atoms in total. The molecule has 1 fully saturated rings. The van der Waals surface area contributed by atoms with Gasteiger partial charge in [0.1, 0.15) is 12.8 Å². The fraction of sp³-hybridized carbons (Fsp3) is 0.727. The minimum absolute atomic E-state index is 0.282. The molecule has 16 heavy (non-hydrogen) atoms. The molecule has 1 unspecified atom stereocenters. The summed E-state index contributed by atoms with van der Waals surface area (Å²) in [5.74, 6) is 0.899. The van der Waals surface area contributed by atoms with Crippen LogP contribution in [0.3, 0.4) is 0 Å². The Hall–Kier alpha value is -1.10. The third-order valence-electron chi connectivity index (χ3n) is 3.42. The maximum atomic E-state index is 12.8. The van der Waals surface area contributed by atoms with Crippen molar-refractivity contribution in [1.82, 2.24) is 14.7 Å². The van der Waals surface area contributed by atoms with Gasteiger partial charge < -0.3 is 4.74 Å². The van der Waals surface area contributed by atoms with Crippen LogP contribution in [-0.4, -0.2) is 46.6 Å². The van der Waals surface area contributed by atoms with Gasteiger partial charge in [-0.05, 0) is 6.42 Å². The highest BCUT2D eigenvalue weighted by atomic mass is 19.1. The van der Waals surface area contributed by atoms with Crippen molar-refractivity contribution in [3.63, 3.8) is 0 Å². The molecule has 88 valence electrons. The smallest absolute Gasteiger partial charge is 0.215 e. The molecule has 2 aliphatic rings. The number of rotatable bonds is 2. The summed E-state index contributed by atoms with van der Waals surface area (Å²) in [6.45, 7) is 4.67. The summed E-state index contributed by atoms with van der Waals surface area (Å²) in [7, 11) is 0. The second-order valence-corrected chi connectivity index (χ2v) is 4.53. The van der Waals surface area contributed by atoms with Gasteiger partial charge in [0, 0.05) is 18.7 Å². The Balaban J connectivity index is 1.72. The number of ether oxygens (including phenoxy) is 1. The number of hydrogen-bond acceptors (Lipinski definition) is 3. The molecule has 0 aliphatic carbocycles. The van der Waals surface area contributed by atoms with Crippen LogP contribution in [0.5, 0.6) is 5.88 Å². The van der Waals surface area contributed by atoms with Gasteiger partial charge in [0.25, 0.3) is 0 Å². The molecule has 0 radical (unpaired) electrons. The summed E-state index contributed by atoms with van der Waals surface area (Å²) in [5.41, 5.74) is 1.16. The average Bonchev–Trinajstić information content (AvgIpc) is 2.66. The highest BCUT2D eigenvalue weighted by molar-refractivity contribution is 5.25. The first-order valence-corrected chi connectivity index (χ1v) is 5.83. The van der Waals surface area contributed by atoms with E-state index in [1.54, 1.807) is 0 Å². The lowest BCUT2D eigenvalue weighted by Gasteiger charge is -2.42. The van der Waals surface area contributed by atoms with E-state index in [1.165, 1.54) is 0 Å². The normalized spacial score (nSPS) is 26.0. The molecule has 0 aromatic carbocycles. The van der Waals surface area contributed by atoms with Crippen LogP contribution in [0.4, 0.5) is 4.39 Å². The molecule has 3 rings (SSSR count). The van der Waals surface area contributed by atoms with E-state index in [2.05, 4.69) is 16.9 Å². The number of aromatic nitrogens is 2. The summed E-state index contributed by atoms with van der Waals surface area (Å²) < 4.78 is 20.4. The quantitative estimate of drug-likeness (QED) is 0.748. The first kappa shape index (κ1) is 10.1. The van der Waals surface area contributed by atoms with Crippen LogP contribution in [-0.2, 0) is 13.0 Å². The predicted octanol–water partition coefficient (Wildman–Crippen LogP) is 0.860. The Morgan fingerprint density at radius 2 is 2.31 bits per heavy atom. The third-order valence-corrected chi connectivity index (χ3v) is 3.42. The van der Waals surface area contributed by atoms with E-state index >= 15 is 0 Å². The van der Waals surface area contributed by atoms with Crippen LogP contribution < -0.4 is 4.74 Å². The average molecular weight is 225 g/mol. The Kier molecular flexibility index (Phi) is 2.35. The zero-order valence-corrected chi connectivity index (χ0v) is 9.40. The first-order valence-electron chi connectivity index (χ1n) is 5.83. The summed E-state index contributed by atoms with van der Waals surface area (Å²) >= 11 is 0. The van der Waals surface area contributed by atoms with E-state index in [0.29, 0.717) is 19.7 Å². The first-order chi connectivity index (χ1) is 7.78. The Labute approximate surface area is 94.0 Å². The van der Waals surface area contributed by atoms with Crippen molar-refractivity contribution in [2.45, 2.75) is 32.1 Å². The number of halogens is 1. The number of nitrogens with zero attached hydrogens (tertiary/aromatic N) is 3. The number of hydrogen-bond donors (Lipinski definition) is 0. The lowest BCUT2D eigenvalue weighted by molar-refractivity contribution is -0.0109. The fourth-order valence-corrected chi connectivity index (χ4v) is 2.35. The molecule has 1 aromatic rings. The Morgan fingerprint density at radius 1 is 1.50 bits per heavy atom. The molecule has 5 heteroatoms. The summed E-state index contributed by atoms with van der Waals surface area (Å²) in [6.07, 6.45) is 2.16. The number of alkyl halides is 1. The topological polar surface area (TPSA) is 30.3 Å². The second kappa shape index (κ2) is 3.73. The predicted molar refractivity (Wildman–Crippen MR) is 57.4 cm³/mol. The third kappa shape index (κ3) is 1.50. The monoisotopic (exact) mass is 225 g/mol. The molecule has 2 aliphatic heterocycles. The van der Waals surface area contributed by atoms with Crippen molar-refractivity contribution in [3.8, 4) is 5.88 Å². The molecule has 0 N–H and O–H groups in total. The van der Waals surface area contributed by atoms with Crippen molar-refractivity contribution in [1.29, 1.82) is 0 Å². The Bertz CT molecular complexity index is 387. The summed E-state index contributed by atoms with van der Waals surface area (Å²) in [4.78, 5) is 2.13. The molecule has 1 saturated heterocycles. The molecule has 0 amide bonds. The molecular weight excluding hydrogens is 209 g/mol. The lowest BCUT2D eigenvalue weighted by Crippen LogP contribution is -2.57. The minimum Gasteiger partial charge on any atom is -0.476 e. The van der Waals surface area contributed by atoms with Gasteiger partial charge >= 0.3 is 0 Å². The molecule has 3 heterocycles. The zero-order chi connectivity index (χ0) is 11.1. The van der Waals surface area contributed by atoms with Gasteiger partial charge in [-0.3, -0.25) is 4.90 Å². The van der Waals surface area contributed by atoms with Crippen LogP contribution in [0.1, 0.15) is 12.5 Å². The van der Waals surface area contributed by atoms with Gasteiger partial charge in [-0.15, -0.1) is 0 Å². The maximum absolute atomic E-state index is 12.8.